The molecule has 1 amide bonds. The molecule has 1 aromatic heterocycles. The topological polar surface area (TPSA) is 70.5 Å². The number of carboxylic acids is 1. The van der Waals surface area contributed by atoms with Gasteiger partial charge >= 0.3 is 18.1 Å². The van der Waals surface area contributed by atoms with E-state index < -0.39 is 23.6 Å². The van der Waals surface area contributed by atoms with Gasteiger partial charge in [-0.05, 0) is 42.2 Å². The van der Waals surface area contributed by atoms with Crippen LogP contribution in [0, 0.1) is 0 Å². The summed E-state index contributed by atoms with van der Waals surface area (Å²) < 4.78 is 38.3. The maximum atomic E-state index is 12.8. The first-order valence-corrected chi connectivity index (χ1v) is 12.8. The zero-order chi connectivity index (χ0) is 26.4. The van der Waals surface area contributed by atoms with E-state index in [1.807, 2.05) is 12.1 Å². The van der Waals surface area contributed by atoms with Gasteiger partial charge in [-0.1, -0.05) is 82.9 Å². The van der Waals surface area contributed by atoms with Crippen LogP contribution in [0.2, 0.25) is 0 Å². The van der Waals surface area contributed by atoms with Gasteiger partial charge in [0, 0.05) is 25.0 Å². The number of unbranched alkanes of at least 4 members (excludes halogenated alkanes) is 9. The van der Waals surface area contributed by atoms with Crippen molar-refractivity contribution in [2.24, 2.45) is 0 Å². The lowest BCUT2D eigenvalue weighted by Crippen LogP contribution is -2.35. The molecule has 0 saturated carbocycles. The van der Waals surface area contributed by atoms with Crippen LogP contribution in [0.25, 0.3) is 0 Å². The molecule has 0 radical (unpaired) electrons. The molecule has 0 saturated heterocycles. The van der Waals surface area contributed by atoms with E-state index in [1.165, 1.54) is 63.5 Å². The number of alkyl halides is 3. The van der Waals surface area contributed by atoms with Gasteiger partial charge in [-0.2, -0.15) is 13.2 Å². The second-order valence-electron chi connectivity index (χ2n) is 9.25. The summed E-state index contributed by atoms with van der Waals surface area (Å²) in [5.41, 5.74) is 1.20. The van der Waals surface area contributed by atoms with Crippen LogP contribution in [0.3, 0.4) is 0 Å². The lowest BCUT2D eigenvalue weighted by atomic mass is 10.0. The molecule has 0 aliphatic heterocycles. The van der Waals surface area contributed by atoms with Crippen LogP contribution in [0.4, 0.5) is 13.2 Å². The molecule has 1 heterocycles. The van der Waals surface area contributed by atoms with Crippen LogP contribution in [-0.2, 0) is 35.3 Å². The molecule has 36 heavy (non-hydrogen) atoms. The lowest BCUT2D eigenvalue weighted by molar-refractivity contribution is -0.156. The molecule has 8 heteroatoms. The summed E-state index contributed by atoms with van der Waals surface area (Å²) in [6.45, 7) is 2.10. The number of aryl methyl sites for hydroxylation is 1. The van der Waals surface area contributed by atoms with E-state index in [0.717, 1.165) is 42.0 Å². The van der Waals surface area contributed by atoms with Crippen molar-refractivity contribution in [2.75, 3.05) is 0 Å². The maximum absolute atomic E-state index is 12.8. The largest absolute Gasteiger partial charge is 0.474 e. The minimum Gasteiger partial charge on any atom is -0.474 e. The summed E-state index contributed by atoms with van der Waals surface area (Å²) in [5, 5.41) is 9.17. The van der Waals surface area contributed by atoms with Gasteiger partial charge in [-0.3, -0.25) is 9.78 Å². The van der Waals surface area contributed by atoms with Crippen molar-refractivity contribution in [3.05, 3.63) is 65.0 Å². The molecule has 5 nitrogen and oxygen atoms in total. The highest BCUT2D eigenvalue weighted by Crippen LogP contribution is 2.29. The van der Waals surface area contributed by atoms with Crippen LogP contribution in [0.5, 0.6) is 0 Å². The molecule has 1 N–H and O–H groups in total. The predicted molar refractivity (Wildman–Crippen MR) is 133 cm³/mol. The van der Waals surface area contributed by atoms with Crippen molar-refractivity contribution in [2.45, 2.75) is 96.8 Å². The summed E-state index contributed by atoms with van der Waals surface area (Å²) in [4.78, 5) is 29.0. The number of aromatic nitrogens is 1. The quantitative estimate of drug-likeness (QED) is 0.205. The highest BCUT2D eigenvalue weighted by molar-refractivity contribution is 6.31. The number of hydrogen-bond donors (Lipinski definition) is 1. The van der Waals surface area contributed by atoms with Gasteiger partial charge < -0.3 is 10.0 Å². The highest BCUT2D eigenvalue weighted by Gasteiger charge is 2.30. The number of carboxylic acid groups (broad SMARTS) is 1. The van der Waals surface area contributed by atoms with Crippen LogP contribution < -0.4 is 0 Å². The van der Waals surface area contributed by atoms with Gasteiger partial charge in [0.2, 0.25) is 0 Å². The van der Waals surface area contributed by atoms with Gasteiger partial charge in [0.05, 0.1) is 5.56 Å². The molecule has 0 aliphatic carbocycles. The first-order chi connectivity index (χ1) is 17.2. The molecule has 0 unspecified atom stereocenters. The average molecular weight is 507 g/mol. The molecule has 0 fully saturated rings. The molecule has 2 aromatic rings. The molecule has 198 valence electrons. The van der Waals surface area contributed by atoms with E-state index in [2.05, 4.69) is 11.9 Å². The number of carbonyl (C=O) groups excluding carboxylic acids is 1. The highest BCUT2D eigenvalue weighted by atomic mass is 19.4. The third kappa shape index (κ3) is 10.8. The number of hydrogen-bond acceptors (Lipinski definition) is 3. The number of amides is 1. The second kappa shape index (κ2) is 15.3. The van der Waals surface area contributed by atoms with Crippen molar-refractivity contribution in [1.82, 2.24) is 9.88 Å². The standard InChI is InChI=1S/C28H37F3N2O3/c1-2-3-4-5-6-7-8-9-10-11-12-25-18-15-23(19-32-25)21-33(26(34)27(35)36)20-22-13-16-24(17-14-22)28(29,30)31/h13-19H,2-12,20-21H2,1H3,(H,35,36). The summed E-state index contributed by atoms with van der Waals surface area (Å²) in [7, 11) is 0. The Balaban J connectivity index is 1.82. The zero-order valence-corrected chi connectivity index (χ0v) is 21.0. The number of halogens is 3. The monoisotopic (exact) mass is 506 g/mol. The fourth-order valence-corrected chi connectivity index (χ4v) is 4.06. The van der Waals surface area contributed by atoms with E-state index in [1.54, 1.807) is 6.20 Å². The van der Waals surface area contributed by atoms with Gasteiger partial charge in [0.15, 0.2) is 0 Å². The van der Waals surface area contributed by atoms with Crippen LogP contribution in [0.15, 0.2) is 42.6 Å². The Kier molecular flexibility index (Phi) is 12.4. The van der Waals surface area contributed by atoms with Crippen LogP contribution in [0.1, 0.15) is 93.5 Å². The molecule has 0 aliphatic rings. The third-order valence-corrected chi connectivity index (χ3v) is 6.17. The lowest BCUT2D eigenvalue weighted by Gasteiger charge is -2.21. The van der Waals surface area contributed by atoms with Crippen LogP contribution >= 0.6 is 0 Å². The molecular formula is C28H37F3N2O3. The number of benzene rings is 1. The average Bonchev–Trinajstić information content (AvgIpc) is 2.85. The Morgan fingerprint density at radius 2 is 1.33 bits per heavy atom. The van der Waals surface area contributed by atoms with Crippen molar-refractivity contribution in [3.8, 4) is 0 Å². The van der Waals surface area contributed by atoms with E-state index >= 15 is 0 Å². The SMILES string of the molecule is CCCCCCCCCCCCc1ccc(CN(Cc2ccc(C(F)(F)F)cc2)C(=O)C(=O)O)cn1. The van der Waals surface area contributed by atoms with E-state index in [4.69, 9.17) is 0 Å². The van der Waals surface area contributed by atoms with Gasteiger partial charge in [0.1, 0.15) is 0 Å². The molecule has 1 aromatic carbocycles. The number of nitrogens with zero attached hydrogens (tertiary/aromatic N) is 2. The van der Waals surface area contributed by atoms with Crippen molar-refractivity contribution < 1.29 is 27.9 Å². The Labute approximate surface area is 211 Å². The van der Waals surface area contributed by atoms with E-state index in [9.17, 15) is 27.9 Å². The fraction of sp³-hybridized carbons (Fsp3) is 0.536. The smallest absolute Gasteiger partial charge is 0.416 e. The molecule has 0 atom stereocenters. The zero-order valence-electron chi connectivity index (χ0n) is 21.0. The number of carbonyl (C=O) groups is 2. The summed E-state index contributed by atoms with van der Waals surface area (Å²) in [5.74, 6) is -2.74. The summed E-state index contributed by atoms with van der Waals surface area (Å²) in [6, 6.07) is 8.03. The van der Waals surface area contributed by atoms with Crippen molar-refractivity contribution in [3.63, 3.8) is 0 Å². The number of aliphatic carboxylic acids is 1. The minimum atomic E-state index is -4.46. The summed E-state index contributed by atoms with van der Waals surface area (Å²) >= 11 is 0. The maximum Gasteiger partial charge on any atom is 0.416 e. The summed E-state index contributed by atoms with van der Waals surface area (Å²) in [6.07, 6.45) is 10.6. The minimum absolute atomic E-state index is 0.00229. The van der Waals surface area contributed by atoms with E-state index in [0.29, 0.717) is 11.1 Å². The van der Waals surface area contributed by atoms with Gasteiger partial charge in [0.25, 0.3) is 0 Å². The van der Waals surface area contributed by atoms with Crippen molar-refractivity contribution in [1.29, 1.82) is 0 Å². The number of rotatable bonds is 15. The molecular weight excluding hydrogens is 469 g/mol. The first kappa shape index (κ1) is 29.3. The van der Waals surface area contributed by atoms with Crippen LogP contribution in [-0.4, -0.2) is 26.9 Å². The normalized spacial score (nSPS) is 11.4. The molecule has 0 bridgehead atoms. The second-order valence-corrected chi connectivity index (χ2v) is 9.25. The Morgan fingerprint density at radius 1 is 0.806 bits per heavy atom. The molecule has 0 spiro atoms. The predicted octanol–water partition coefficient (Wildman–Crippen LogP) is 7.18. The Hall–Kier alpha value is -2.90. The van der Waals surface area contributed by atoms with Gasteiger partial charge in [-0.25, -0.2) is 4.79 Å². The van der Waals surface area contributed by atoms with Crippen molar-refractivity contribution >= 4 is 11.9 Å². The number of pyridine rings is 1. The Morgan fingerprint density at radius 3 is 1.83 bits per heavy atom. The fourth-order valence-electron chi connectivity index (χ4n) is 4.06. The van der Waals surface area contributed by atoms with Gasteiger partial charge in [-0.15, -0.1) is 0 Å². The first-order valence-electron chi connectivity index (χ1n) is 12.8. The Bertz CT molecular complexity index is 929. The molecule has 2 rings (SSSR count). The van der Waals surface area contributed by atoms with E-state index in [-0.39, 0.29) is 13.1 Å². The third-order valence-electron chi connectivity index (χ3n) is 6.17.